The van der Waals surface area contributed by atoms with Crippen molar-refractivity contribution in [2.45, 2.75) is 24.3 Å². The third-order valence-corrected chi connectivity index (χ3v) is 4.08. The molecular formula is C16H25N3O3S. The van der Waals surface area contributed by atoms with Gasteiger partial charge < -0.3 is 21.1 Å². The quantitative estimate of drug-likeness (QED) is 0.437. The summed E-state index contributed by atoms with van der Waals surface area (Å²) in [7, 11) is 1.58. The third kappa shape index (κ3) is 8.01. The monoisotopic (exact) mass is 339 g/mol. The molecule has 1 atom stereocenters. The fourth-order valence-electron chi connectivity index (χ4n) is 1.78. The average molecular weight is 339 g/mol. The van der Waals surface area contributed by atoms with Crippen molar-refractivity contribution >= 4 is 23.6 Å². The first-order chi connectivity index (χ1) is 11.0. The Hall–Kier alpha value is -1.57. The molecule has 1 aromatic carbocycles. The summed E-state index contributed by atoms with van der Waals surface area (Å²) in [5.41, 5.74) is 6.25. The number of hydrogen-bond donors (Lipinski definition) is 3. The van der Waals surface area contributed by atoms with E-state index in [0.29, 0.717) is 25.3 Å². The zero-order valence-corrected chi connectivity index (χ0v) is 14.4. The van der Waals surface area contributed by atoms with Crippen molar-refractivity contribution in [1.29, 1.82) is 0 Å². The maximum absolute atomic E-state index is 12.2. The summed E-state index contributed by atoms with van der Waals surface area (Å²) in [5, 5.41) is 5.60. The lowest BCUT2D eigenvalue weighted by molar-refractivity contribution is -0.118. The molecule has 0 aromatic heterocycles. The van der Waals surface area contributed by atoms with E-state index in [9.17, 15) is 9.59 Å². The Kier molecular flexibility index (Phi) is 9.35. The first kappa shape index (κ1) is 19.5. The van der Waals surface area contributed by atoms with Gasteiger partial charge in [0.15, 0.2) is 0 Å². The number of hydrogen-bond acceptors (Lipinski definition) is 5. The van der Waals surface area contributed by atoms with Crippen molar-refractivity contribution in [2.24, 2.45) is 5.73 Å². The highest BCUT2D eigenvalue weighted by atomic mass is 32.2. The van der Waals surface area contributed by atoms with Crippen LogP contribution in [0.2, 0.25) is 0 Å². The van der Waals surface area contributed by atoms with Gasteiger partial charge in [-0.15, -0.1) is 11.8 Å². The lowest BCUT2D eigenvalue weighted by atomic mass is 10.2. The first-order valence-electron chi connectivity index (χ1n) is 7.55. The van der Waals surface area contributed by atoms with Gasteiger partial charge in [-0.2, -0.15) is 0 Å². The molecule has 1 aromatic rings. The van der Waals surface area contributed by atoms with Gasteiger partial charge in [0.2, 0.25) is 5.91 Å². The van der Waals surface area contributed by atoms with Gasteiger partial charge >= 0.3 is 0 Å². The molecule has 128 valence electrons. The highest BCUT2D eigenvalue weighted by Crippen LogP contribution is 2.22. The molecule has 0 saturated carbocycles. The number of rotatable bonds is 10. The molecule has 0 bridgehead atoms. The van der Waals surface area contributed by atoms with Crippen molar-refractivity contribution < 1.29 is 14.3 Å². The minimum absolute atomic E-state index is 0.0516. The molecule has 4 N–H and O–H groups in total. The van der Waals surface area contributed by atoms with Gasteiger partial charge in [-0.3, -0.25) is 9.59 Å². The smallest absolute Gasteiger partial charge is 0.252 e. The minimum atomic E-state index is -0.145. The molecule has 23 heavy (non-hydrogen) atoms. The van der Waals surface area contributed by atoms with Gasteiger partial charge in [-0.05, 0) is 25.5 Å². The van der Waals surface area contributed by atoms with Gasteiger partial charge in [0.25, 0.3) is 5.91 Å². The summed E-state index contributed by atoms with van der Waals surface area (Å²) in [5.74, 6) is 0.0289. The highest BCUT2D eigenvalue weighted by molar-refractivity contribution is 8.00. The van der Waals surface area contributed by atoms with E-state index in [1.165, 1.54) is 11.8 Å². The SMILES string of the molecule is COCCNC(=O)CSc1ccccc1C(=O)NCCC(C)N. The van der Waals surface area contributed by atoms with Crippen LogP contribution in [-0.2, 0) is 9.53 Å². The average Bonchev–Trinajstić information content (AvgIpc) is 2.53. The maximum atomic E-state index is 12.2. The third-order valence-electron chi connectivity index (χ3n) is 3.00. The Balaban J connectivity index is 2.52. The minimum Gasteiger partial charge on any atom is -0.383 e. The summed E-state index contributed by atoms with van der Waals surface area (Å²) in [6.45, 7) is 3.40. The van der Waals surface area contributed by atoms with E-state index in [1.807, 2.05) is 25.1 Å². The van der Waals surface area contributed by atoms with Crippen LogP contribution in [0, 0.1) is 0 Å². The summed E-state index contributed by atoms with van der Waals surface area (Å²) in [6.07, 6.45) is 0.725. The predicted molar refractivity (Wildman–Crippen MR) is 92.7 cm³/mol. The Morgan fingerprint density at radius 3 is 2.70 bits per heavy atom. The van der Waals surface area contributed by atoms with Crippen molar-refractivity contribution in [1.82, 2.24) is 10.6 Å². The number of ether oxygens (including phenoxy) is 1. The van der Waals surface area contributed by atoms with Crippen LogP contribution >= 0.6 is 11.8 Å². The van der Waals surface area contributed by atoms with Gasteiger partial charge in [0.1, 0.15) is 0 Å². The molecule has 0 aliphatic carbocycles. The summed E-state index contributed by atoms with van der Waals surface area (Å²) >= 11 is 1.34. The van der Waals surface area contributed by atoms with Gasteiger partial charge in [-0.1, -0.05) is 12.1 Å². The van der Waals surface area contributed by atoms with Crippen LogP contribution in [0.25, 0.3) is 0 Å². The first-order valence-corrected chi connectivity index (χ1v) is 8.54. The number of benzene rings is 1. The molecule has 6 nitrogen and oxygen atoms in total. The van der Waals surface area contributed by atoms with Crippen molar-refractivity contribution in [3.63, 3.8) is 0 Å². The van der Waals surface area contributed by atoms with Crippen molar-refractivity contribution in [2.75, 3.05) is 32.6 Å². The number of carbonyl (C=O) groups excluding carboxylic acids is 2. The molecule has 1 rings (SSSR count). The number of nitrogens with two attached hydrogens (primary N) is 1. The fourth-order valence-corrected chi connectivity index (χ4v) is 2.66. The Morgan fingerprint density at radius 1 is 1.26 bits per heavy atom. The van der Waals surface area contributed by atoms with Crippen molar-refractivity contribution in [3.8, 4) is 0 Å². The molecule has 0 saturated heterocycles. The number of nitrogens with one attached hydrogen (secondary N) is 2. The van der Waals surface area contributed by atoms with Crippen LogP contribution in [-0.4, -0.2) is 50.4 Å². The number of amides is 2. The second-order valence-corrected chi connectivity index (χ2v) is 6.17. The van der Waals surface area contributed by atoms with E-state index in [1.54, 1.807) is 13.2 Å². The summed E-state index contributed by atoms with van der Waals surface area (Å²) in [6, 6.07) is 7.31. The van der Waals surface area contributed by atoms with E-state index < -0.39 is 0 Å². The van der Waals surface area contributed by atoms with Gasteiger partial charge in [0, 0.05) is 31.1 Å². The predicted octanol–water partition coefficient (Wildman–Crippen LogP) is 1.01. The van der Waals surface area contributed by atoms with E-state index in [-0.39, 0.29) is 23.6 Å². The highest BCUT2D eigenvalue weighted by Gasteiger charge is 2.12. The van der Waals surface area contributed by atoms with Gasteiger partial charge in [-0.25, -0.2) is 0 Å². The van der Waals surface area contributed by atoms with Crippen LogP contribution in [0.15, 0.2) is 29.2 Å². The number of carbonyl (C=O) groups is 2. The number of methoxy groups -OCH3 is 1. The summed E-state index contributed by atoms with van der Waals surface area (Å²) < 4.78 is 4.88. The van der Waals surface area contributed by atoms with E-state index >= 15 is 0 Å². The largest absolute Gasteiger partial charge is 0.383 e. The Morgan fingerprint density at radius 2 is 2.00 bits per heavy atom. The second kappa shape index (κ2) is 11.0. The summed E-state index contributed by atoms with van der Waals surface area (Å²) in [4.78, 5) is 24.7. The topological polar surface area (TPSA) is 93.4 Å². The molecule has 0 radical (unpaired) electrons. The van der Waals surface area contributed by atoms with E-state index in [2.05, 4.69) is 10.6 Å². The second-order valence-electron chi connectivity index (χ2n) is 5.15. The Bertz CT molecular complexity index is 509. The fraction of sp³-hybridized carbons (Fsp3) is 0.500. The van der Waals surface area contributed by atoms with Crippen LogP contribution in [0.3, 0.4) is 0 Å². The van der Waals surface area contributed by atoms with E-state index in [0.717, 1.165) is 11.3 Å². The standard InChI is InChI=1S/C16H25N3O3S/c1-12(17)7-8-19-16(21)13-5-3-4-6-14(13)23-11-15(20)18-9-10-22-2/h3-6,12H,7-11,17H2,1-2H3,(H,18,20)(H,19,21). The zero-order valence-electron chi connectivity index (χ0n) is 13.6. The zero-order chi connectivity index (χ0) is 17.1. The van der Waals surface area contributed by atoms with Crippen molar-refractivity contribution in [3.05, 3.63) is 29.8 Å². The number of thioether (sulfide) groups is 1. The normalized spacial score (nSPS) is 11.8. The molecule has 0 aliphatic heterocycles. The van der Waals surface area contributed by atoms with Crippen LogP contribution in [0.1, 0.15) is 23.7 Å². The maximum Gasteiger partial charge on any atom is 0.252 e. The lowest BCUT2D eigenvalue weighted by Gasteiger charge is -2.11. The van der Waals surface area contributed by atoms with E-state index in [4.69, 9.17) is 10.5 Å². The molecular weight excluding hydrogens is 314 g/mol. The Labute approximate surface area is 141 Å². The molecule has 7 heteroatoms. The molecule has 1 unspecified atom stereocenters. The molecule has 0 fully saturated rings. The van der Waals surface area contributed by atoms with Crippen LogP contribution < -0.4 is 16.4 Å². The molecule has 2 amide bonds. The van der Waals surface area contributed by atoms with Crippen LogP contribution in [0.4, 0.5) is 0 Å². The molecule has 0 spiro atoms. The van der Waals surface area contributed by atoms with Gasteiger partial charge in [0.05, 0.1) is 17.9 Å². The molecule has 0 aliphatic rings. The molecule has 0 heterocycles. The van der Waals surface area contributed by atoms with Crippen LogP contribution in [0.5, 0.6) is 0 Å². The lowest BCUT2D eigenvalue weighted by Crippen LogP contribution is -2.30.